The highest BCUT2D eigenvalue weighted by atomic mass is 13.9. The van der Waals surface area contributed by atoms with E-state index < -0.39 is 0 Å². The standard InChI is InChI=1S/C12H19/c1-5-6-9-12(4)10-7-8-11(2)3/h1,5,8-9H,6-7,10H2,2-4H3. The molecule has 0 aromatic carbocycles. The zero-order valence-electron chi connectivity index (χ0n) is 8.43. The maximum atomic E-state index is 5.27. The third kappa shape index (κ3) is 7.33. The average molecular weight is 163 g/mol. The second kappa shape index (κ2) is 6.90. The Labute approximate surface area is 76.7 Å². The molecule has 0 heteroatoms. The van der Waals surface area contributed by atoms with Gasteiger partial charge in [0.05, 0.1) is 0 Å². The minimum absolute atomic E-state index is 0.890. The molecule has 0 spiro atoms. The Balaban J connectivity index is 3.63. The number of allylic oxidation sites excluding steroid dienone is 5. The third-order valence-electron chi connectivity index (χ3n) is 1.69. The molecular formula is C12H19. The molecule has 0 saturated heterocycles. The molecule has 0 aliphatic heterocycles. The summed E-state index contributed by atoms with van der Waals surface area (Å²) >= 11 is 0. The normalized spacial score (nSPS) is 11.1. The monoisotopic (exact) mass is 163 g/mol. The summed E-state index contributed by atoms with van der Waals surface area (Å²) < 4.78 is 0. The smallest absolute Gasteiger partial charge is 0.0163 e. The highest BCUT2D eigenvalue weighted by molar-refractivity contribution is 5.03. The van der Waals surface area contributed by atoms with E-state index in [2.05, 4.69) is 32.9 Å². The van der Waals surface area contributed by atoms with E-state index in [1.54, 1.807) is 6.08 Å². The van der Waals surface area contributed by atoms with Crippen LogP contribution in [0, 0.1) is 6.58 Å². The Bertz CT molecular complexity index is 178. The lowest BCUT2D eigenvalue weighted by Crippen LogP contribution is -1.76. The highest BCUT2D eigenvalue weighted by Crippen LogP contribution is 2.07. The van der Waals surface area contributed by atoms with E-state index in [1.165, 1.54) is 11.1 Å². The fraction of sp³-hybridized carbons (Fsp3) is 0.500. The SMILES string of the molecule is [CH]=CCC=C(C)CCC=C(C)C. The van der Waals surface area contributed by atoms with Crippen molar-refractivity contribution in [2.24, 2.45) is 0 Å². The molecule has 0 nitrogen and oxygen atoms in total. The first-order valence-electron chi connectivity index (χ1n) is 4.49. The zero-order chi connectivity index (χ0) is 9.40. The van der Waals surface area contributed by atoms with Gasteiger partial charge >= 0.3 is 0 Å². The predicted octanol–water partition coefficient (Wildman–Crippen LogP) is 4.06. The van der Waals surface area contributed by atoms with Crippen molar-refractivity contribution in [3.63, 3.8) is 0 Å². The first-order chi connectivity index (χ1) is 5.66. The summed E-state index contributed by atoms with van der Waals surface area (Å²) in [6.07, 6.45) is 9.32. The van der Waals surface area contributed by atoms with Crippen LogP contribution in [0.1, 0.15) is 40.0 Å². The Kier molecular flexibility index (Phi) is 6.45. The summed E-state index contributed by atoms with van der Waals surface area (Å²) in [6.45, 7) is 11.7. The topological polar surface area (TPSA) is 0 Å². The molecule has 0 unspecified atom stereocenters. The predicted molar refractivity (Wildman–Crippen MR) is 55.9 cm³/mol. The van der Waals surface area contributed by atoms with Crippen LogP contribution in [0.15, 0.2) is 29.4 Å². The van der Waals surface area contributed by atoms with Crippen molar-refractivity contribution in [2.45, 2.75) is 40.0 Å². The summed E-state index contributed by atoms with van der Waals surface area (Å²) in [7, 11) is 0. The molecule has 0 aromatic rings. The molecule has 0 bridgehead atoms. The van der Waals surface area contributed by atoms with Gasteiger partial charge in [0, 0.05) is 0 Å². The van der Waals surface area contributed by atoms with Crippen LogP contribution in [0.5, 0.6) is 0 Å². The van der Waals surface area contributed by atoms with Crippen LogP contribution >= 0.6 is 0 Å². The van der Waals surface area contributed by atoms with Gasteiger partial charge in [0.1, 0.15) is 0 Å². The molecule has 0 N–H and O–H groups in total. The van der Waals surface area contributed by atoms with Crippen molar-refractivity contribution in [1.29, 1.82) is 0 Å². The van der Waals surface area contributed by atoms with Gasteiger partial charge in [-0.3, -0.25) is 0 Å². The van der Waals surface area contributed by atoms with Crippen LogP contribution in [-0.2, 0) is 0 Å². The summed E-state index contributed by atoms with van der Waals surface area (Å²) in [5.41, 5.74) is 2.82. The van der Waals surface area contributed by atoms with Crippen molar-refractivity contribution in [3.05, 3.63) is 36.0 Å². The van der Waals surface area contributed by atoms with E-state index in [0.717, 1.165) is 19.3 Å². The van der Waals surface area contributed by atoms with E-state index in [0.29, 0.717) is 0 Å². The van der Waals surface area contributed by atoms with E-state index in [-0.39, 0.29) is 0 Å². The summed E-state index contributed by atoms with van der Waals surface area (Å²) in [4.78, 5) is 0. The van der Waals surface area contributed by atoms with Crippen molar-refractivity contribution in [1.82, 2.24) is 0 Å². The Hall–Kier alpha value is -0.780. The molecule has 0 heterocycles. The van der Waals surface area contributed by atoms with Crippen molar-refractivity contribution >= 4 is 0 Å². The molecule has 0 fully saturated rings. The van der Waals surface area contributed by atoms with Gasteiger partial charge < -0.3 is 0 Å². The van der Waals surface area contributed by atoms with Gasteiger partial charge in [0.15, 0.2) is 0 Å². The Morgan fingerprint density at radius 2 is 1.83 bits per heavy atom. The minimum atomic E-state index is 0.890. The molecular weight excluding hydrogens is 144 g/mol. The molecule has 67 valence electrons. The highest BCUT2D eigenvalue weighted by Gasteiger charge is 1.86. The van der Waals surface area contributed by atoms with Gasteiger partial charge in [-0.05, 0) is 40.0 Å². The third-order valence-corrected chi connectivity index (χ3v) is 1.69. The fourth-order valence-corrected chi connectivity index (χ4v) is 0.960. The first-order valence-corrected chi connectivity index (χ1v) is 4.49. The van der Waals surface area contributed by atoms with Crippen LogP contribution in [0.2, 0.25) is 0 Å². The second-order valence-electron chi connectivity index (χ2n) is 3.34. The second-order valence-corrected chi connectivity index (χ2v) is 3.34. The first kappa shape index (κ1) is 11.2. The van der Waals surface area contributed by atoms with Gasteiger partial charge in [-0.2, -0.15) is 0 Å². The minimum Gasteiger partial charge on any atom is -0.0856 e. The molecule has 0 aliphatic carbocycles. The van der Waals surface area contributed by atoms with E-state index in [4.69, 9.17) is 6.58 Å². The van der Waals surface area contributed by atoms with Crippen molar-refractivity contribution < 1.29 is 0 Å². The van der Waals surface area contributed by atoms with Crippen LogP contribution in [0.3, 0.4) is 0 Å². The van der Waals surface area contributed by atoms with E-state index >= 15 is 0 Å². The molecule has 0 saturated carbocycles. The quantitative estimate of drug-likeness (QED) is 0.536. The fourth-order valence-electron chi connectivity index (χ4n) is 0.960. The van der Waals surface area contributed by atoms with E-state index in [1.807, 2.05) is 0 Å². The molecule has 0 rings (SSSR count). The van der Waals surface area contributed by atoms with Crippen LogP contribution < -0.4 is 0 Å². The largest absolute Gasteiger partial charge is 0.0856 e. The number of hydrogen-bond donors (Lipinski definition) is 0. The number of hydrogen-bond acceptors (Lipinski definition) is 0. The molecule has 1 radical (unpaired) electrons. The van der Waals surface area contributed by atoms with Gasteiger partial charge in [-0.1, -0.05) is 36.0 Å². The molecule has 0 aliphatic rings. The summed E-state index contributed by atoms with van der Waals surface area (Å²) in [6, 6.07) is 0. The van der Waals surface area contributed by atoms with Gasteiger partial charge in [-0.25, -0.2) is 0 Å². The lowest BCUT2D eigenvalue weighted by molar-refractivity contribution is 0.958. The lowest BCUT2D eigenvalue weighted by Gasteiger charge is -1.97. The Morgan fingerprint density at radius 3 is 2.33 bits per heavy atom. The summed E-state index contributed by atoms with van der Waals surface area (Å²) in [5, 5.41) is 0. The van der Waals surface area contributed by atoms with Gasteiger partial charge in [0.2, 0.25) is 0 Å². The van der Waals surface area contributed by atoms with Crippen molar-refractivity contribution in [2.75, 3.05) is 0 Å². The molecule has 12 heavy (non-hydrogen) atoms. The number of rotatable bonds is 5. The van der Waals surface area contributed by atoms with Crippen molar-refractivity contribution in [3.8, 4) is 0 Å². The summed E-state index contributed by atoms with van der Waals surface area (Å²) in [5.74, 6) is 0. The average Bonchev–Trinajstić information content (AvgIpc) is 2.00. The molecule has 0 amide bonds. The van der Waals surface area contributed by atoms with Gasteiger partial charge in [0.25, 0.3) is 0 Å². The zero-order valence-corrected chi connectivity index (χ0v) is 8.43. The van der Waals surface area contributed by atoms with Crippen LogP contribution in [-0.4, -0.2) is 0 Å². The molecule has 0 atom stereocenters. The lowest BCUT2D eigenvalue weighted by atomic mass is 10.1. The molecule has 0 aromatic heterocycles. The van der Waals surface area contributed by atoms with Gasteiger partial charge in [-0.15, -0.1) is 0 Å². The van der Waals surface area contributed by atoms with Crippen LogP contribution in [0.25, 0.3) is 0 Å². The Morgan fingerprint density at radius 1 is 1.17 bits per heavy atom. The maximum Gasteiger partial charge on any atom is -0.0163 e. The van der Waals surface area contributed by atoms with E-state index in [9.17, 15) is 0 Å². The van der Waals surface area contributed by atoms with Crippen LogP contribution in [0.4, 0.5) is 0 Å². The maximum absolute atomic E-state index is 5.27.